The van der Waals surface area contributed by atoms with E-state index in [9.17, 15) is 9.59 Å². The molecule has 2 amide bonds. The molecule has 3 heterocycles. The largest absolute Gasteiger partial charge is 0.486 e. The Labute approximate surface area is 222 Å². The molecule has 0 bridgehead atoms. The molecule has 0 saturated carbocycles. The van der Waals surface area contributed by atoms with Crippen LogP contribution in [-0.2, 0) is 24.4 Å². The van der Waals surface area contributed by atoms with Crippen molar-refractivity contribution >= 4 is 11.8 Å². The number of ether oxygens (including phenoxy) is 1. The first-order valence-electron chi connectivity index (χ1n) is 12.9. The lowest BCUT2D eigenvalue weighted by molar-refractivity contribution is -0.132. The zero-order chi connectivity index (χ0) is 26.6. The zero-order valence-electron chi connectivity index (χ0n) is 22.0. The Morgan fingerprint density at radius 2 is 1.87 bits per heavy atom. The molecule has 5 rings (SSSR count). The molecule has 7 nitrogen and oxygen atoms in total. The second-order valence-corrected chi connectivity index (χ2v) is 9.66. The van der Waals surface area contributed by atoms with Crippen molar-refractivity contribution in [1.82, 2.24) is 9.80 Å². The number of furan rings is 2. The van der Waals surface area contributed by atoms with Crippen molar-refractivity contribution in [2.24, 2.45) is 0 Å². The Bertz CT molecular complexity index is 1400. The van der Waals surface area contributed by atoms with Crippen LogP contribution < -0.4 is 4.74 Å². The number of fused-ring (bicyclic) bond motifs is 1. The first-order chi connectivity index (χ1) is 18.4. The van der Waals surface area contributed by atoms with Crippen LogP contribution in [0.2, 0.25) is 0 Å². The van der Waals surface area contributed by atoms with E-state index in [1.807, 2.05) is 30.0 Å². The minimum Gasteiger partial charge on any atom is -0.486 e. The summed E-state index contributed by atoms with van der Waals surface area (Å²) in [6.45, 7) is 5.19. The lowest BCUT2D eigenvalue weighted by Gasteiger charge is -2.38. The summed E-state index contributed by atoms with van der Waals surface area (Å²) in [6.07, 6.45) is 2.85. The van der Waals surface area contributed by atoms with Gasteiger partial charge in [0.2, 0.25) is 5.91 Å². The molecule has 2 aromatic carbocycles. The van der Waals surface area contributed by atoms with Gasteiger partial charge in [0.25, 0.3) is 5.91 Å². The highest BCUT2D eigenvalue weighted by molar-refractivity contribution is 5.91. The highest BCUT2D eigenvalue weighted by Gasteiger charge is 2.31. The van der Waals surface area contributed by atoms with Crippen molar-refractivity contribution in [3.05, 3.63) is 113 Å². The van der Waals surface area contributed by atoms with Gasteiger partial charge in [0, 0.05) is 20.0 Å². The SMILES string of the molecule is CCC(=O)N1CCc2ccc(OCc3ccc(C(=O)N(C)Cc4ccco4)o3)cc2[C@H]1c1ccc(C)cc1. The molecule has 0 aliphatic carbocycles. The smallest absolute Gasteiger partial charge is 0.289 e. The number of nitrogens with zero attached hydrogens (tertiary/aromatic N) is 2. The summed E-state index contributed by atoms with van der Waals surface area (Å²) < 4.78 is 17.2. The van der Waals surface area contributed by atoms with Crippen LogP contribution in [0.15, 0.2) is 81.8 Å². The molecule has 0 radical (unpaired) electrons. The minimum atomic E-state index is -0.233. The van der Waals surface area contributed by atoms with Gasteiger partial charge in [-0.05, 0) is 66.4 Å². The highest BCUT2D eigenvalue weighted by Crippen LogP contribution is 2.37. The normalized spacial score (nSPS) is 14.7. The van der Waals surface area contributed by atoms with E-state index in [0.717, 1.165) is 17.5 Å². The Morgan fingerprint density at radius 3 is 2.61 bits per heavy atom. The van der Waals surface area contributed by atoms with Gasteiger partial charge in [-0.2, -0.15) is 0 Å². The van der Waals surface area contributed by atoms with E-state index in [4.69, 9.17) is 13.6 Å². The first-order valence-corrected chi connectivity index (χ1v) is 12.9. The molecule has 0 spiro atoms. The fourth-order valence-corrected chi connectivity index (χ4v) is 4.88. The highest BCUT2D eigenvalue weighted by atomic mass is 16.5. The van der Waals surface area contributed by atoms with E-state index in [1.165, 1.54) is 11.1 Å². The van der Waals surface area contributed by atoms with Crippen molar-refractivity contribution in [2.75, 3.05) is 13.6 Å². The summed E-state index contributed by atoms with van der Waals surface area (Å²) >= 11 is 0. The Morgan fingerprint density at radius 1 is 1.05 bits per heavy atom. The number of carbonyl (C=O) groups excluding carboxylic acids is 2. The van der Waals surface area contributed by atoms with E-state index >= 15 is 0 Å². The molecule has 1 atom stereocenters. The number of rotatable bonds is 8. The lowest BCUT2D eigenvalue weighted by atomic mass is 9.87. The maximum atomic E-state index is 12.9. The van der Waals surface area contributed by atoms with Crippen molar-refractivity contribution in [3.63, 3.8) is 0 Å². The molecule has 1 aliphatic rings. The predicted molar refractivity (Wildman–Crippen MR) is 143 cm³/mol. The van der Waals surface area contributed by atoms with Gasteiger partial charge in [0.1, 0.15) is 23.9 Å². The average Bonchev–Trinajstić information content (AvgIpc) is 3.63. The summed E-state index contributed by atoms with van der Waals surface area (Å²) in [5.41, 5.74) is 4.56. The van der Waals surface area contributed by atoms with Crippen LogP contribution in [0.4, 0.5) is 0 Å². The summed E-state index contributed by atoms with van der Waals surface area (Å²) in [5.74, 6) is 2.09. The topological polar surface area (TPSA) is 76.1 Å². The molecule has 196 valence electrons. The van der Waals surface area contributed by atoms with Crippen molar-refractivity contribution in [3.8, 4) is 5.75 Å². The van der Waals surface area contributed by atoms with Gasteiger partial charge < -0.3 is 23.4 Å². The number of hydrogen-bond acceptors (Lipinski definition) is 5. The second kappa shape index (κ2) is 11.0. The maximum absolute atomic E-state index is 12.9. The molecule has 0 fully saturated rings. The van der Waals surface area contributed by atoms with Gasteiger partial charge in [-0.15, -0.1) is 0 Å². The van der Waals surface area contributed by atoms with Gasteiger partial charge in [0.15, 0.2) is 5.76 Å². The molecule has 0 unspecified atom stereocenters. The van der Waals surface area contributed by atoms with Crippen molar-refractivity contribution in [2.45, 2.75) is 45.9 Å². The number of amides is 2. The van der Waals surface area contributed by atoms with E-state index < -0.39 is 0 Å². The number of hydrogen-bond donors (Lipinski definition) is 0. The molecule has 0 N–H and O–H groups in total. The third-order valence-electron chi connectivity index (χ3n) is 6.93. The molecular formula is C31H32N2O5. The van der Waals surface area contributed by atoms with E-state index in [0.29, 0.717) is 36.8 Å². The number of aryl methyl sites for hydroxylation is 1. The summed E-state index contributed by atoms with van der Waals surface area (Å²) in [5, 5.41) is 0. The molecule has 38 heavy (non-hydrogen) atoms. The molecule has 2 aromatic heterocycles. The van der Waals surface area contributed by atoms with E-state index in [2.05, 4.69) is 37.3 Å². The lowest BCUT2D eigenvalue weighted by Crippen LogP contribution is -2.40. The fourth-order valence-electron chi connectivity index (χ4n) is 4.88. The number of benzene rings is 2. The molecule has 1 aliphatic heterocycles. The molecular weight excluding hydrogens is 480 g/mol. The van der Waals surface area contributed by atoms with Gasteiger partial charge in [-0.3, -0.25) is 9.59 Å². The van der Waals surface area contributed by atoms with Crippen LogP contribution in [0.3, 0.4) is 0 Å². The van der Waals surface area contributed by atoms with Gasteiger partial charge in [-0.1, -0.05) is 42.8 Å². The number of carbonyl (C=O) groups is 2. The monoisotopic (exact) mass is 512 g/mol. The van der Waals surface area contributed by atoms with Crippen LogP contribution in [-0.4, -0.2) is 35.2 Å². The Hall–Kier alpha value is -4.26. The van der Waals surface area contributed by atoms with E-state index in [-0.39, 0.29) is 30.2 Å². The predicted octanol–water partition coefficient (Wildman–Crippen LogP) is 5.92. The average molecular weight is 513 g/mol. The quantitative estimate of drug-likeness (QED) is 0.293. The minimum absolute atomic E-state index is 0.136. The Balaban J connectivity index is 1.32. The fraction of sp³-hybridized carbons (Fsp3) is 0.290. The summed E-state index contributed by atoms with van der Waals surface area (Å²) in [7, 11) is 1.70. The summed E-state index contributed by atoms with van der Waals surface area (Å²) in [4.78, 5) is 29.1. The second-order valence-electron chi connectivity index (χ2n) is 9.66. The van der Waals surface area contributed by atoms with Gasteiger partial charge >= 0.3 is 0 Å². The first kappa shape index (κ1) is 25.4. The summed E-state index contributed by atoms with van der Waals surface area (Å²) in [6, 6.07) is 21.3. The standard InChI is InChI=1S/C31H32N2O5/c1-4-29(34)33-16-15-22-11-12-24(18-27(22)30(33)23-9-7-21(2)8-10-23)37-20-26-13-14-28(38-26)31(35)32(3)19-25-6-5-17-36-25/h5-14,17-18,30H,4,15-16,19-20H2,1-3H3/t30-/m1/s1. The third kappa shape index (κ3) is 5.37. The molecule has 7 heteroatoms. The van der Waals surface area contributed by atoms with Crippen LogP contribution >= 0.6 is 0 Å². The maximum Gasteiger partial charge on any atom is 0.289 e. The Kier molecular flexibility index (Phi) is 7.36. The van der Waals surface area contributed by atoms with Gasteiger partial charge in [0.05, 0.1) is 18.8 Å². The van der Waals surface area contributed by atoms with Gasteiger partial charge in [-0.25, -0.2) is 0 Å². The third-order valence-corrected chi connectivity index (χ3v) is 6.93. The molecule has 0 saturated heterocycles. The van der Waals surface area contributed by atoms with Crippen molar-refractivity contribution < 1.29 is 23.2 Å². The van der Waals surface area contributed by atoms with Crippen LogP contribution in [0.5, 0.6) is 5.75 Å². The zero-order valence-corrected chi connectivity index (χ0v) is 22.0. The van der Waals surface area contributed by atoms with Crippen molar-refractivity contribution in [1.29, 1.82) is 0 Å². The van der Waals surface area contributed by atoms with E-state index in [1.54, 1.807) is 36.4 Å². The van der Waals surface area contributed by atoms with Crippen LogP contribution in [0.25, 0.3) is 0 Å². The van der Waals surface area contributed by atoms with Crippen LogP contribution in [0, 0.1) is 6.92 Å². The van der Waals surface area contributed by atoms with Crippen LogP contribution in [0.1, 0.15) is 63.7 Å². The molecule has 4 aromatic rings.